The van der Waals surface area contributed by atoms with Crippen LogP contribution in [0.4, 0.5) is 15.8 Å². The molecule has 0 saturated heterocycles. The van der Waals surface area contributed by atoms with Gasteiger partial charge in [-0.25, -0.2) is 12.8 Å². The van der Waals surface area contributed by atoms with Crippen LogP contribution in [-0.2, 0) is 10.0 Å². The van der Waals surface area contributed by atoms with E-state index in [0.29, 0.717) is 11.6 Å². The quantitative estimate of drug-likeness (QED) is 0.811. The Kier molecular flexibility index (Phi) is 5.80. The summed E-state index contributed by atoms with van der Waals surface area (Å²) >= 11 is 0. The van der Waals surface area contributed by atoms with Gasteiger partial charge in [-0.1, -0.05) is 13.8 Å². The maximum atomic E-state index is 13.5. The summed E-state index contributed by atoms with van der Waals surface area (Å²) < 4.78 is 38.0. The van der Waals surface area contributed by atoms with E-state index in [4.69, 9.17) is 0 Å². The van der Waals surface area contributed by atoms with E-state index in [2.05, 4.69) is 30.8 Å². The molecule has 6 heteroatoms. The molecular formula is C14H23FN2O2S. The van der Waals surface area contributed by atoms with Crippen molar-refractivity contribution in [3.05, 3.63) is 24.0 Å². The summed E-state index contributed by atoms with van der Waals surface area (Å²) in [6.45, 7) is 6.38. The van der Waals surface area contributed by atoms with E-state index in [0.717, 1.165) is 19.1 Å². The average molecular weight is 302 g/mol. The largest absolute Gasteiger partial charge is 0.383 e. The maximum absolute atomic E-state index is 13.5. The standard InChI is InChI=1S/C14H23FN2O2S/c1-10(2)5-6-11(3)16-12-7-8-13(15)14(9-12)17-20(4,18)19/h7-11,16-17H,5-6H2,1-4H3. The Bertz CT molecular complexity index is 544. The average Bonchev–Trinajstić information content (AvgIpc) is 2.29. The van der Waals surface area contributed by atoms with Gasteiger partial charge in [-0.2, -0.15) is 0 Å². The van der Waals surface area contributed by atoms with Gasteiger partial charge in [-0.15, -0.1) is 0 Å². The van der Waals surface area contributed by atoms with E-state index >= 15 is 0 Å². The van der Waals surface area contributed by atoms with Gasteiger partial charge < -0.3 is 5.32 Å². The Balaban J connectivity index is 2.74. The smallest absolute Gasteiger partial charge is 0.229 e. The molecule has 0 spiro atoms. The number of hydrogen-bond donors (Lipinski definition) is 2. The molecule has 0 bridgehead atoms. The van der Waals surface area contributed by atoms with E-state index in [9.17, 15) is 12.8 Å². The van der Waals surface area contributed by atoms with Crippen molar-refractivity contribution in [2.45, 2.75) is 39.7 Å². The van der Waals surface area contributed by atoms with E-state index in [1.54, 1.807) is 6.07 Å². The summed E-state index contributed by atoms with van der Waals surface area (Å²) in [5.41, 5.74) is 0.669. The predicted octanol–water partition coefficient (Wildman–Crippen LogP) is 3.43. The van der Waals surface area contributed by atoms with Crippen LogP contribution in [0.3, 0.4) is 0 Å². The van der Waals surface area contributed by atoms with Crippen LogP contribution in [0.2, 0.25) is 0 Å². The van der Waals surface area contributed by atoms with Gasteiger partial charge in [0, 0.05) is 11.7 Å². The first-order chi connectivity index (χ1) is 9.17. The van der Waals surface area contributed by atoms with Crippen molar-refractivity contribution in [3.8, 4) is 0 Å². The van der Waals surface area contributed by atoms with Crippen molar-refractivity contribution in [2.24, 2.45) is 5.92 Å². The number of halogens is 1. The summed E-state index contributed by atoms with van der Waals surface area (Å²) in [5, 5.41) is 3.25. The second kappa shape index (κ2) is 6.92. The van der Waals surface area contributed by atoms with Gasteiger partial charge in [-0.3, -0.25) is 4.72 Å². The summed E-state index contributed by atoms with van der Waals surface area (Å²) in [5.74, 6) is 0.0470. The third kappa shape index (κ3) is 6.23. The lowest BCUT2D eigenvalue weighted by atomic mass is 10.0. The topological polar surface area (TPSA) is 58.2 Å². The first-order valence-electron chi connectivity index (χ1n) is 6.71. The van der Waals surface area contributed by atoms with Gasteiger partial charge >= 0.3 is 0 Å². The molecule has 1 rings (SSSR count). The molecule has 20 heavy (non-hydrogen) atoms. The fraction of sp³-hybridized carbons (Fsp3) is 0.571. The summed E-state index contributed by atoms with van der Waals surface area (Å²) in [7, 11) is -3.48. The first-order valence-corrected chi connectivity index (χ1v) is 8.60. The van der Waals surface area contributed by atoms with E-state index in [-0.39, 0.29) is 11.7 Å². The minimum atomic E-state index is -3.48. The predicted molar refractivity (Wildman–Crippen MR) is 82.0 cm³/mol. The Hall–Kier alpha value is -1.30. The van der Waals surface area contributed by atoms with Crippen LogP contribution in [0.1, 0.15) is 33.6 Å². The van der Waals surface area contributed by atoms with Gasteiger partial charge in [0.25, 0.3) is 0 Å². The lowest BCUT2D eigenvalue weighted by Crippen LogP contribution is -2.16. The van der Waals surface area contributed by atoms with Crippen LogP contribution in [0, 0.1) is 11.7 Å². The molecule has 0 aliphatic carbocycles. The second-order valence-corrected chi connectivity index (χ2v) is 7.33. The third-order valence-corrected chi connectivity index (χ3v) is 3.44. The second-order valence-electron chi connectivity index (χ2n) is 5.59. The highest BCUT2D eigenvalue weighted by Gasteiger charge is 2.10. The van der Waals surface area contributed by atoms with Crippen molar-refractivity contribution in [1.82, 2.24) is 0 Å². The molecule has 4 nitrogen and oxygen atoms in total. The number of rotatable bonds is 7. The maximum Gasteiger partial charge on any atom is 0.229 e. The summed E-state index contributed by atoms with van der Waals surface area (Å²) in [6, 6.07) is 4.58. The van der Waals surface area contributed by atoms with E-state index < -0.39 is 15.8 Å². The zero-order valence-corrected chi connectivity index (χ0v) is 13.2. The molecular weight excluding hydrogens is 279 g/mol. The molecule has 0 aliphatic heterocycles. The molecule has 1 aromatic rings. The molecule has 0 heterocycles. The lowest BCUT2D eigenvalue weighted by molar-refractivity contribution is 0.527. The van der Waals surface area contributed by atoms with Crippen LogP contribution >= 0.6 is 0 Å². The minimum Gasteiger partial charge on any atom is -0.383 e. The summed E-state index contributed by atoms with van der Waals surface area (Å²) in [4.78, 5) is 0. The number of nitrogens with one attached hydrogen (secondary N) is 2. The number of hydrogen-bond acceptors (Lipinski definition) is 3. The number of benzene rings is 1. The third-order valence-electron chi connectivity index (χ3n) is 2.85. The monoisotopic (exact) mass is 302 g/mol. The molecule has 1 atom stereocenters. The minimum absolute atomic E-state index is 0.0337. The lowest BCUT2D eigenvalue weighted by Gasteiger charge is -2.17. The van der Waals surface area contributed by atoms with Crippen LogP contribution in [0.25, 0.3) is 0 Å². The van der Waals surface area contributed by atoms with Crippen molar-refractivity contribution < 1.29 is 12.8 Å². The van der Waals surface area contributed by atoms with E-state index in [1.165, 1.54) is 12.1 Å². The summed E-state index contributed by atoms with van der Waals surface area (Å²) in [6.07, 6.45) is 3.10. The molecule has 0 amide bonds. The Morgan fingerprint density at radius 1 is 1.20 bits per heavy atom. The van der Waals surface area contributed by atoms with Gasteiger partial charge in [0.1, 0.15) is 5.82 Å². The number of anilines is 2. The SMILES string of the molecule is CC(C)CCC(C)Nc1ccc(F)c(NS(C)(=O)=O)c1. The van der Waals surface area contributed by atoms with Crippen molar-refractivity contribution in [2.75, 3.05) is 16.3 Å². The van der Waals surface area contributed by atoms with Crippen LogP contribution in [0.5, 0.6) is 0 Å². The molecule has 1 unspecified atom stereocenters. The molecule has 0 aliphatic rings. The molecule has 114 valence electrons. The highest BCUT2D eigenvalue weighted by Crippen LogP contribution is 2.22. The molecule has 0 saturated carbocycles. The highest BCUT2D eigenvalue weighted by atomic mass is 32.2. The normalized spacial score (nSPS) is 13.3. The van der Waals surface area contributed by atoms with Crippen LogP contribution < -0.4 is 10.0 Å². The molecule has 2 N–H and O–H groups in total. The van der Waals surface area contributed by atoms with Crippen LogP contribution in [0.15, 0.2) is 18.2 Å². The molecule has 0 aromatic heterocycles. The number of sulfonamides is 1. The van der Waals surface area contributed by atoms with Gasteiger partial charge in [0.05, 0.1) is 11.9 Å². The molecule has 0 fully saturated rings. The highest BCUT2D eigenvalue weighted by molar-refractivity contribution is 7.92. The van der Waals surface area contributed by atoms with E-state index in [1.807, 2.05) is 0 Å². The Labute approximate surface area is 120 Å². The van der Waals surface area contributed by atoms with Crippen molar-refractivity contribution >= 4 is 21.4 Å². The van der Waals surface area contributed by atoms with Gasteiger partial charge in [-0.05, 0) is 43.9 Å². The fourth-order valence-electron chi connectivity index (χ4n) is 1.83. The fourth-order valence-corrected chi connectivity index (χ4v) is 2.39. The first kappa shape index (κ1) is 16.8. The molecule has 0 radical (unpaired) electrons. The van der Waals surface area contributed by atoms with Crippen molar-refractivity contribution in [1.29, 1.82) is 0 Å². The zero-order chi connectivity index (χ0) is 15.3. The Morgan fingerprint density at radius 2 is 1.85 bits per heavy atom. The van der Waals surface area contributed by atoms with Gasteiger partial charge in [0.15, 0.2) is 0 Å². The van der Waals surface area contributed by atoms with Gasteiger partial charge in [0.2, 0.25) is 10.0 Å². The Morgan fingerprint density at radius 3 is 2.40 bits per heavy atom. The van der Waals surface area contributed by atoms with Crippen molar-refractivity contribution in [3.63, 3.8) is 0 Å². The zero-order valence-electron chi connectivity index (χ0n) is 12.4. The molecule has 1 aromatic carbocycles. The van der Waals surface area contributed by atoms with Crippen LogP contribution in [-0.4, -0.2) is 20.7 Å².